The number of nitrogens with zero attached hydrogens (tertiary/aromatic N) is 1. The van der Waals surface area contributed by atoms with Crippen molar-refractivity contribution in [2.45, 2.75) is 19.3 Å². The van der Waals surface area contributed by atoms with Crippen molar-refractivity contribution in [2.75, 3.05) is 18.0 Å². The summed E-state index contributed by atoms with van der Waals surface area (Å²) in [5.74, 6) is 0. The summed E-state index contributed by atoms with van der Waals surface area (Å²) in [6, 6.07) is 6.25. The largest absolute Gasteiger partial charge is 0.369 e. The van der Waals surface area contributed by atoms with Gasteiger partial charge in [0.25, 0.3) is 0 Å². The highest BCUT2D eigenvalue weighted by Gasteiger charge is 2.47. The molecule has 3 rings (SSSR count). The van der Waals surface area contributed by atoms with E-state index in [-0.39, 0.29) is 0 Å². The Morgan fingerprint density at radius 2 is 2.00 bits per heavy atom. The molecule has 0 atom stereocenters. The van der Waals surface area contributed by atoms with Gasteiger partial charge in [-0.3, -0.25) is 0 Å². The topological polar surface area (TPSA) is 3.24 Å². The Kier molecular flexibility index (Phi) is 2.40. The van der Waals surface area contributed by atoms with Crippen molar-refractivity contribution in [1.82, 2.24) is 0 Å². The number of rotatable bonds is 1. The molecule has 1 aliphatic carbocycles. The van der Waals surface area contributed by atoms with E-state index in [1.165, 1.54) is 41.6 Å². The Balaban J connectivity index is 1.80. The fourth-order valence-electron chi connectivity index (χ4n) is 2.65. The third-order valence-electron chi connectivity index (χ3n) is 3.72. The lowest BCUT2D eigenvalue weighted by Crippen LogP contribution is -2.59. The summed E-state index contributed by atoms with van der Waals surface area (Å²) in [5.41, 5.74) is 1.89. The molecule has 1 spiro atoms. The molecule has 1 aromatic rings. The highest BCUT2D eigenvalue weighted by molar-refractivity contribution is 14.1. The van der Waals surface area contributed by atoms with Gasteiger partial charge in [0, 0.05) is 22.1 Å². The summed E-state index contributed by atoms with van der Waals surface area (Å²) < 4.78 is 1.27. The zero-order valence-electron chi connectivity index (χ0n) is 8.47. The van der Waals surface area contributed by atoms with E-state index in [1.807, 2.05) is 6.07 Å². The van der Waals surface area contributed by atoms with Crippen molar-refractivity contribution in [2.24, 2.45) is 5.41 Å². The molecular formula is C12H13ClIN. The third-order valence-corrected chi connectivity index (χ3v) is 4.71. The van der Waals surface area contributed by atoms with E-state index in [4.69, 9.17) is 11.6 Å². The molecule has 0 aromatic heterocycles. The van der Waals surface area contributed by atoms with E-state index < -0.39 is 0 Å². The first-order chi connectivity index (χ1) is 7.19. The summed E-state index contributed by atoms with van der Waals surface area (Å²) in [6.45, 7) is 2.43. The van der Waals surface area contributed by atoms with Crippen LogP contribution in [0.2, 0.25) is 5.02 Å². The molecular weight excluding hydrogens is 320 g/mol. The minimum atomic E-state index is 0.671. The molecule has 3 heteroatoms. The molecule has 1 aromatic carbocycles. The van der Waals surface area contributed by atoms with Gasteiger partial charge >= 0.3 is 0 Å². The first-order valence-corrected chi connectivity index (χ1v) is 6.84. The van der Waals surface area contributed by atoms with Gasteiger partial charge in [0.1, 0.15) is 0 Å². The number of hydrogen-bond donors (Lipinski definition) is 0. The lowest BCUT2D eigenvalue weighted by Gasteiger charge is -2.57. The Morgan fingerprint density at radius 1 is 1.27 bits per heavy atom. The van der Waals surface area contributed by atoms with E-state index >= 15 is 0 Å². The standard InChI is InChI=1S/C12H13ClIN/c13-10-3-2-9(14)6-11(10)15-7-12(8-15)4-1-5-12/h2-3,6H,1,4-5,7-8H2. The zero-order valence-corrected chi connectivity index (χ0v) is 11.4. The smallest absolute Gasteiger partial charge is 0.0640 e. The summed E-state index contributed by atoms with van der Waals surface area (Å²) in [6.07, 6.45) is 4.27. The second-order valence-corrected chi connectivity index (χ2v) is 6.46. The molecule has 80 valence electrons. The quantitative estimate of drug-likeness (QED) is 0.704. The van der Waals surface area contributed by atoms with Crippen LogP contribution in [0, 0.1) is 8.99 Å². The van der Waals surface area contributed by atoms with Crippen molar-refractivity contribution in [3.63, 3.8) is 0 Å². The molecule has 0 N–H and O–H groups in total. The van der Waals surface area contributed by atoms with Gasteiger partial charge in [-0.15, -0.1) is 0 Å². The summed E-state index contributed by atoms with van der Waals surface area (Å²) in [4.78, 5) is 2.42. The Morgan fingerprint density at radius 3 is 2.60 bits per heavy atom. The van der Waals surface area contributed by atoms with Crippen molar-refractivity contribution >= 4 is 39.9 Å². The predicted molar refractivity (Wildman–Crippen MR) is 72.7 cm³/mol. The Hall–Kier alpha value is 0.0400. The molecule has 1 aliphatic heterocycles. The van der Waals surface area contributed by atoms with E-state index in [9.17, 15) is 0 Å². The fraction of sp³-hybridized carbons (Fsp3) is 0.500. The highest BCUT2D eigenvalue weighted by Crippen LogP contribution is 2.50. The van der Waals surface area contributed by atoms with Gasteiger partial charge in [-0.1, -0.05) is 18.0 Å². The van der Waals surface area contributed by atoms with Crippen molar-refractivity contribution < 1.29 is 0 Å². The van der Waals surface area contributed by atoms with Gasteiger partial charge in [-0.05, 0) is 53.6 Å². The molecule has 0 unspecified atom stereocenters. The van der Waals surface area contributed by atoms with Crippen molar-refractivity contribution in [3.8, 4) is 0 Å². The second-order valence-electron chi connectivity index (χ2n) is 4.81. The lowest BCUT2D eigenvalue weighted by molar-refractivity contribution is 0.0904. The number of benzene rings is 1. The van der Waals surface area contributed by atoms with Crippen LogP contribution in [-0.4, -0.2) is 13.1 Å². The first kappa shape index (κ1) is 10.2. The predicted octanol–water partition coefficient (Wildman–Crippen LogP) is 3.93. The van der Waals surface area contributed by atoms with Gasteiger partial charge in [-0.25, -0.2) is 0 Å². The third kappa shape index (κ3) is 1.66. The van der Waals surface area contributed by atoms with Crippen LogP contribution >= 0.6 is 34.2 Å². The number of halogens is 2. The Bertz CT molecular complexity index is 393. The second kappa shape index (κ2) is 3.52. The van der Waals surface area contributed by atoms with Crippen molar-refractivity contribution in [3.05, 3.63) is 26.8 Å². The van der Waals surface area contributed by atoms with E-state index in [2.05, 4.69) is 39.6 Å². The molecule has 0 radical (unpaired) electrons. The molecule has 0 bridgehead atoms. The van der Waals surface area contributed by atoms with Crippen LogP contribution < -0.4 is 4.90 Å². The zero-order chi connectivity index (χ0) is 10.5. The summed E-state index contributed by atoms with van der Waals surface area (Å²) in [7, 11) is 0. The maximum Gasteiger partial charge on any atom is 0.0640 e. The minimum Gasteiger partial charge on any atom is -0.369 e. The highest BCUT2D eigenvalue weighted by atomic mass is 127. The van der Waals surface area contributed by atoms with E-state index in [0.717, 1.165) is 5.02 Å². The van der Waals surface area contributed by atoms with Gasteiger partial charge in [0.15, 0.2) is 0 Å². The van der Waals surface area contributed by atoms with Crippen LogP contribution in [0.25, 0.3) is 0 Å². The molecule has 1 saturated heterocycles. The molecule has 2 fully saturated rings. The molecule has 1 heterocycles. The number of hydrogen-bond acceptors (Lipinski definition) is 1. The van der Waals surface area contributed by atoms with E-state index in [1.54, 1.807) is 0 Å². The van der Waals surface area contributed by atoms with Crippen LogP contribution in [0.3, 0.4) is 0 Å². The van der Waals surface area contributed by atoms with Gasteiger partial charge < -0.3 is 4.90 Å². The average molecular weight is 334 g/mol. The average Bonchev–Trinajstić information content (AvgIpc) is 2.06. The maximum atomic E-state index is 6.21. The normalized spacial score (nSPS) is 22.4. The SMILES string of the molecule is Clc1ccc(I)cc1N1CC2(CCC2)C1. The van der Waals surface area contributed by atoms with Gasteiger partial charge in [-0.2, -0.15) is 0 Å². The van der Waals surface area contributed by atoms with Crippen LogP contribution in [-0.2, 0) is 0 Å². The lowest BCUT2D eigenvalue weighted by atomic mass is 9.63. The molecule has 1 saturated carbocycles. The number of anilines is 1. The minimum absolute atomic E-state index is 0.671. The van der Waals surface area contributed by atoms with Crippen LogP contribution in [0.4, 0.5) is 5.69 Å². The Labute approximate surface area is 109 Å². The van der Waals surface area contributed by atoms with Gasteiger partial charge in [0.05, 0.1) is 10.7 Å². The monoisotopic (exact) mass is 333 g/mol. The summed E-state index contributed by atoms with van der Waals surface area (Å²) in [5, 5.41) is 0.893. The van der Waals surface area contributed by atoms with Crippen molar-refractivity contribution in [1.29, 1.82) is 0 Å². The van der Waals surface area contributed by atoms with E-state index in [0.29, 0.717) is 5.41 Å². The fourth-order valence-corrected chi connectivity index (χ4v) is 3.37. The van der Waals surface area contributed by atoms with Gasteiger partial charge in [0.2, 0.25) is 0 Å². The van der Waals surface area contributed by atoms with Crippen LogP contribution in [0.15, 0.2) is 18.2 Å². The molecule has 2 aliphatic rings. The summed E-state index contributed by atoms with van der Waals surface area (Å²) >= 11 is 8.56. The molecule has 15 heavy (non-hydrogen) atoms. The van der Waals surface area contributed by atoms with Crippen LogP contribution in [0.1, 0.15) is 19.3 Å². The molecule has 0 amide bonds. The maximum absolute atomic E-state index is 6.21. The molecule has 1 nitrogen and oxygen atoms in total. The first-order valence-electron chi connectivity index (χ1n) is 5.39. The van der Waals surface area contributed by atoms with Crippen LogP contribution in [0.5, 0.6) is 0 Å².